The first-order valence-corrected chi connectivity index (χ1v) is 7.89. The van der Waals surface area contributed by atoms with Crippen molar-refractivity contribution >= 4 is 11.6 Å². The number of hydrogen-bond donors (Lipinski definition) is 1. The van der Waals surface area contributed by atoms with Gasteiger partial charge in [0, 0.05) is 12.1 Å². The first kappa shape index (κ1) is 19.3. The number of hydrogen-bond acceptors (Lipinski definition) is 4. The Hall–Kier alpha value is -3.49. The zero-order valence-corrected chi connectivity index (χ0v) is 14.4. The van der Waals surface area contributed by atoms with Crippen LogP contribution in [0.1, 0.15) is 16.3 Å². The highest BCUT2D eigenvalue weighted by Gasteiger charge is 2.22. The van der Waals surface area contributed by atoms with Crippen molar-refractivity contribution in [3.05, 3.63) is 77.3 Å². The Kier molecular flexibility index (Phi) is 5.53. The average Bonchev–Trinajstić information content (AvgIpc) is 3.17. The lowest BCUT2D eigenvalue weighted by molar-refractivity contribution is 0.0991. The van der Waals surface area contributed by atoms with Crippen LogP contribution in [0.3, 0.4) is 0 Å². The normalized spacial score (nSPS) is 10.6. The summed E-state index contributed by atoms with van der Waals surface area (Å²) in [6.45, 7) is -0.0439. The highest BCUT2D eigenvalue weighted by molar-refractivity contribution is 6.02. The summed E-state index contributed by atoms with van der Waals surface area (Å²) < 4.78 is 69.5. The molecule has 0 saturated heterocycles. The average molecular weight is 395 g/mol. The van der Waals surface area contributed by atoms with E-state index in [0.29, 0.717) is 11.5 Å². The number of nitrogens with one attached hydrogen (secondary N) is 1. The molecule has 9 heteroatoms. The van der Waals surface area contributed by atoms with E-state index < -0.39 is 34.9 Å². The van der Waals surface area contributed by atoms with Gasteiger partial charge in [-0.2, -0.15) is 0 Å². The maximum absolute atomic E-state index is 13.6. The smallest absolute Gasteiger partial charge is 0.291 e. The summed E-state index contributed by atoms with van der Waals surface area (Å²) in [5.74, 6) is -6.82. The SMILES string of the molecule is COc1cccc(OCc2ccc(C(=O)Nc3c(F)c(F)cc(F)c3F)o2)c1. The van der Waals surface area contributed by atoms with Gasteiger partial charge in [-0.25, -0.2) is 17.6 Å². The largest absolute Gasteiger partial charge is 0.497 e. The minimum atomic E-state index is -1.72. The van der Waals surface area contributed by atoms with E-state index in [1.807, 2.05) is 0 Å². The summed E-state index contributed by atoms with van der Waals surface area (Å²) in [4.78, 5) is 12.1. The van der Waals surface area contributed by atoms with Gasteiger partial charge in [0.1, 0.15) is 29.6 Å². The maximum Gasteiger partial charge on any atom is 0.291 e. The lowest BCUT2D eigenvalue weighted by Gasteiger charge is -2.08. The minimum absolute atomic E-state index is 0.0429. The van der Waals surface area contributed by atoms with Crippen LogP contribution >= 0.6 is 0 Å². The van der Waals surface area contributed by atoms with Crippen molar-refractivity contribution in [2.75, 3.05) is 12.4 Å². The number of amides is 1. The predicted octanol–water partition coefficient (Wildman–Crippen LogP) is 4.68. The van der Waals surface area contributed by atoms with E-state index in [9.17, 15) is 22.4 Å². The van der Waals surface area contributed by atoms with Gasteiger partial charge in [-0.05, 0) is 24.3 Å². The molecule has 0 radical (unpaired) electrons. The Balaban J connectivity index is 1.69. The molecule has 0 unspecified atom stereocenters. The molecule has 0 fully saturated rings. The fraction of sp³-hybridized carbons (Fsp3) is 0.105. The van der Waals surface area contributed by atoms with Crippen LogP contribution in [-0.2, 0) is 6.61 Å². The van der Waals surface area contributed by atoms with Gasteiger partial charge in [-0.1, -0.05) is 6.07 Å². The number of ether oxygens (including phenoxy) is 2. The third-order valence-corrected chi connectivity index (χ3v) is 3.66. The number of methoxy groups -OCH3 is 1. The van der Waals surface area contributed by atoms with Crippen molar-refractivity contribution in [2.45, 2.75) is 6.61 Å². The number of carbonyl (C=O) groups is 1. The molecule has 1 heterocycles. The number of benzene rings is 2. The molecule has 0 aliphatic carbocycles. The lowest BCUT2D eigenvalue weighted by atomic mass is 10.2. The molecule has 146 valence electrons. The fourth-order valence-corrected chi connectivity index (χ4v) is 2.28. The quantitative estimate of drug-likeness (QED) is 0.487. The van der Waals surface area contributed by atoms with Gasteiger partial charge in [0.05, 0.1) is 7.11 Å². The second-order valence-corrected chi connectivity index (χ2v) is 5.53. The van der Waals surface area contributed by atoms with Crippen molar-refractivity contribution in [3.8, 4) is 11.5 Å². The molecular formula is C19H13F4NO4. The van der Waals surface area contributed by atoms with Gasteiger partial charge in [0.15, 0.2) is 29.0 Å². The summed E-state index contributed by atoms with van der Waals surface area (Å²) in [6, 6.07) is 9.45. The van der Waals surface area contributed by atoms with Crippen molar-refractivity contribution in [1.82, 2.24) is 0 Å². The second kappa shape index (κ2) is 8.03. The Morgan fingerprint density at radius 3 is 2.36 bits per heavy atom. The molecule has 1 aromatic heterocycles. The van der Waals surface area contributed by atoms with E-state index in [-0.39, 0.29) is 24.2 Å². The zero-order valence-electron chi connectivity index (χ0n) is 14.4. The predicted molar refractivity (Wildman–Crippen MR) is 90.3 cm³/mol. The first-order valence-electron chi connectivity index (χ1n) is 7.89. The summed E-state index contributed by atoms with van der Waals surface area (Å²) in [7, 11) is 1.51. The molecule has 0 saturated carbocycles. The number of furan rings is 1. The van der Waals surface area contributed by atoms with Gasteiger partial charge < -0.3 is 19.2 Å². The molecule has 0 bridgehead atoms. The molecule has 0 aliphatic rings. The van der Waals surface area contributed by atoms with Crippen molar-refractivity contribution in [1.29, 1.82) is 0 Å². The summed E-state index contributed by atoms with van der Waals surface area (Å²) >= 11 is 0. The van der Waals surface area contributed by atoms with E-state index in [1.165, 1.54) is 19.2 Å². The van der Waals surface area contributed by atoms with Crippen LogP contribution in [0, 0.1) is 23.3 Å². The molecule has 3 aromatic rings. The molecule has 3 rings (SSSR count). The molecule has 0 spiro atoms. The zero-order chi connectivity index (χ0) is 20.3. The third-order valence-electron chi connectivity index (χ3n) is 3.66. The minimum Gasteiger partial charge on any atom is -0.497 e. The van der Waals surface area contributed by atoms with Crippen LogP contribution in [-0.4, -0.2) is 13.0 Å². The van der Waals surface area contributed by atoms with E-state index >= 15 is 0 Å². The van der Waals surface area contributed by atoms with Gasteiger partial charge in [-0.3, -0.25) is 4.79 Å². The first-order chi connectivity index (χ1) is 13.4. The topological polar surface area (TPSA) is 60.7 Å². The van der Waals surface area contributed by atoms with E-state index in [1.54, 1.807) is 29.6 Å². The molecule has 28 heavy (non-hydrogen) atoms. The summed E-state index contributed by atoms with van der Waals surface area (Å²) in [5, 5.41) is 1.76. The molecule has 2 aromatic carbocycles. The highest BCUT2D eigenvalue weighted by Crippen LogP contribution is 2.25. The van der Waals surface area contributed by atoms with Gasteiger partial charge in [0.25, 0.3) is 5.91 Å². The summed E-state index contributed by atoms with van der Waals surface area (Å²) in [5.41, 5.74) is -1.24. The van der Waals surface area contributed by atoms with E-state index in [2.05, 4.69) is 0 Å². The van der Waals surface area contributed by atoms with Crippen LogP contribution in [0.2, 0.25) is 0 Å². The van der Waals surface area contributed by atoms with Gasteiger partial charge in [0.2, 0.25) is 0 Å². The third kappa shape index (κ3) is 4.08. The van der Waals surface area contributed by atoms with E-state index in [0.717, 1.165) is 0 Å². The van der Waals surface area contributed by atoms with Crippen molar-refractivity contribution in [3.63, 3.8) is 0 Å². The molecule has 1 amide bonds. The molecule has 0 aliphatic heterocycles. The number of anilines is 1. The Morgan fingerprint density at radius 2 is 1.68 bits per heavy atom. The van der Waals surface area contributed by atoms with Crippen LogP contribution in [0.4, 0.5) is 23.2 Å². The van der Waals surface area contributed by atoms with E-state index in [4.69, 9.17) is 13.9 Å². The van der Waals surface area contributed by atoms with Crippen molar-refractivity contribution < 1.29 is 36.2 Å². The molecule has 1 N–H and O–H groups in total. The highest BCUT2D eigenvalue weighted by atomic mass is 19.2. The monoisotopic (exact) mass is 395 g/mol. The second-order valence-electron chi connectivity index (χ2n) is 5.53. The molecule has 5 nitrogen and oxygen atoms in total. The maximum atomic E-state index is 13.6. The van der Waals surface area contributed by atoms with Crippen LogP contribution in [0.5, 0.6) is 11.5 Å². The summed E-state index contributed by atoms with van der Waals surface area (Å²) in [6.07, 6.45) is 0. The fourth-order valence-electron chi connectivity index (χ4n) is 2.28. The number of rotatable bonds is 6. The number of halogens is 4. The number of carbonyl (C=O) groups excluding carboxylic acids is 1. The molecular weight excluding hydrogens is 382 g/mol. The van der Waals surface area contributed by atoms with Crippen molar-refractivity contribution in [2.24, 2.45) is 0 Å². The molecule has 0 atom stereocenters. The Labute approximate surface area is 156 Å². The Morgan fingerprint density at radius 1 is 1.00 bits per heavy atom. The van der Waals surface area contributed by atoms with Crippen LogP contribution < -0.4 is 14.8 Å². The van der Waals surface area contributed by atoms with Crippen LogP contribution in [0.15, 0.2) is 46.9 Å². The van der Waals surface area contributed by atoms with Crippen LogP contribution in [0.25, 0.3) is 0 Å². The van der Waals surface area contributed by atoms with Gasteiger partial charge in [-0.15, -0.1) is 0 Å². The standard InChI is InChI=1S/C19H13F4NO4/c1-26-10-3-2-4-11(7-10)27-9-12-5-6-15(28-12)19(25)24-18-16(22)13(20)8-14(21)17(18)23/h2-8H,9H2,1H3,(H,24,25). The Bertz CT molecular complexity index is 993. The lowest BCUT2D eigenvalue weighted by Crippen LogP contribution is -2.15. The van der Waals surface area contributed by atoms with Gasteiger partial charge >= 0.3 is 0 Å².